The fraction of sp³-hybridized carbons (Fsp3) is 0.231. The molecule has 1 amide bonds. The third-order valence-corrected chi connectivity index (χ3v) is 6.33. The molecule has 4 aromatic rings. The van der Waals surface area contributed by atoms with Gasteiger partial charge in [-0.15, -0.1) is 0 Å². The van der Waals surface area contributed by atoms with E-state index in [2.05, 4.69) is 15.0 Å². The summed E-state index contributed by atoms with van der Waals surface area (Å²) in [6.07, 6.45) is 1.62. The van der Waals surface area contributed by atoms with Gasteiger partial charge in [0.05, 0.1) is 31.7 Å². The SMILES string of the molecule is COc1ccc(-c2cnc3nc(N)nc(N4CCN(C(=O)c5ccc(C(=O)O)cc5)CC4)c3n2)cc1OC. The van der Waals surface area contributed by atoms with Crippen LogP contribution in [0.15, 0.2) is 48.7 Å². The lowest BCUT2D eigenvalue weighted by Crippen LogP contribution is -2.49. The molecule has 1 aliphatic heterocycles. The lowest BCUT2D eigenvalue weighted by atomic mass is 10.1. The van der Waals surface area contributed by atoms with Crippen LogP contribution in [0.25, 0.3) is 22.4 Å². The first-order chi connectivity index (χ1) is 18.4. The summed E-state index contributed by atoms with van der Waals surface area (Å²) in [7, 11) is 3.14. The number of carbonyl (C=O) groups excluding carboxylic acids is 1. The van der Waals surface area contributed by atoms with E-state index in [1.165, 1.54) is 24.3 Å². The summed E-state index contributed by atoms with van der Waals surface area (Å²) in [5, 5.41) is 9.08. The average molecular weight is 516 g/mol. The topological polar surface area (TPSA) is 157 Å². The summed E-state index contributed by atoms with van der Waals surface area (Å²) in [5.74, 6) is 0.597. The highest BCUT2D eigenvalue weighted by Gasteiger charge is 2.25. The number of anilines is 2. The number of amides is 1. The van der Waals surface area contributed by atoms with Crippen LogP contribution in [-0.4, -0.2) is 82.2 Å². The minimum absolute atomic E-state index is 0.0812. The van der Waals surface area contributed by atoms with Crippen LogP contribution in [0.4, 0.5) is 11.8 Å². The highest BCUT2D eigenvalue weighted by molar-refractivity contribution is 5.96. The number of aromatic carboxylic acids is 1. The lowest BCUT2D eigenvalue weighted by molar-refractivity contribution is 0.0693. The standard InChI is InChI=1S/C26H25N7O5/c1-37-19-8-7-17(13-20(19)38-2)18-14-28-22-21(29-18)23(31-26(27)30-22)32-9-11-33(12-10-32)24(34)15-3-5-16(6-4-15)25(35)36/h3-8,13-14H,9-12H2,1-2H3,(H,35,36)(H2,27,28,30,31). The number of carbonyl (C=O) groups is 2. The van der Waals surface area contributed by atoms with Gasteiger partial charge in [0.25, 0.3) is 5.91 Å². The van der Waals surface area contributed by atoms with Crippen molar-refractivity contribution in [1.82, 2.24) is 24.8 Å². The van der Waals surface area contributed by atoms with Crippen LogP contribution in [0.5, 0.6) is 11.5 Å². The fourth-order valence-corrected chi connectivity index (χ4v) is 4.32. The first-order valence-corrected chi connectivity index (χ1v) is 11.8. The van der Waals surface area contributed by atoms with E-state index < -0.39 is 5.97 Å². The number of carboxylic acids is 1. The largest absolute Gasteiger partial charge is 0.493 e. The van der Waals surface area contributed by atoms with Crippen LogP contribution in [-0.2, 0) is 0 Å². The summed E-state index contributed by atoms with van der Waals surface area (Å²) in [4.78, 5) is 45.8. The van der Waals surface area contributed by atoms with Crippen molar-refractivity contribution in [3.8, 4) is 22.8 Å². The van der Waals surface area contributed by atoms with E-state index in [4.69, 9.17) is 25.3 Å². The highest BCUT2D eigenvalue weighted by atomic mass is 16.5. The molecule has 12 nitrogen and oxygen atoms in total. The van der Waals surface area contributed by atoms with Crippen LogP contribution in [0.2, 0.25) is 0 Å². The van der Waals surface area contributed by atoms with Gasteiger partial charge in [-0.25, -0.2) is 14.8 Å². The Morgan fingerprint density at radius 3 is 2.24 bits per heavy atom. The second-order valence-electron chi connectivity index (χ2n) is 8.56. The van der Waals surface area contributed by atoms with Crippen molar-refractivity contribution in [3.05, 3.63) is 59.8 Å². The van der Waals surface area contributed by atoms with Crippen molar-refractivity contribution in [3.63, 3.8) is 0 Å². The average Bonchev–Trinajstić information content (AvgIpc) is 2.95. The van der Waals surface area contributed by atoms with E-state index in [-0.39, 0.29) is 17.4 Å². The van der Waals surface area contributed by atoms with Crippen molar-refractivity contribution in [2.75, 3.05) is 51.0 Å². The van der Waals surface area contributed by atoms with E-state index in [1.807, 2.05) is 17.0 Å². The minimum Gasteiger partial charge on any atom is -0.493 e. The summed E-state index contributed by atoms with van der Waals surface area (Å²) < 4.78 is 10.7. The second-order valence-corrected chi connectivity index (χ2v) is 8.56. The maximum Gasteiger partial charge on any atom is 0.335 e. The summed E-state index contributed by atoms with van der Waals surface area (Å²) in [5.41, 5.74) is 8.80. The molecule has 12 heteroatoms. The zero-order valence-corrected chi connectivity index (χ0v) is 20.8. The number of nitrogen functional groups attached to an aromatic ring is 1. The molecule has 0 aliphatic carbocycles. The number of piperazine rings is 1. The van der Waals surface area contributed by atoms with Gasteiger partial charge in [0.1, 0.15) is 0 Å². The van der Waals surface area contributed by atoms with E-state index in [1.54, 1.807) is 31.4 Å². The Hall–Kier alpha value is -5.00. The molecular formula is C26H25N7O5. The van der Waals surface area contributed by atoms with Gasteiger partial charge in [-0.3, -0.25) is 4.79 Å². The molecule has 38 heavy (non-hydrogen) atoms. The quantitative estimate of drug-likeness (QED) is 0.388. The molecule has 2 aromatic carbocycles. The molecule has 0 bridgehead atoms. The number of carboxylic acid groups (broad SMARTS) is 1. The molecule has 3 heterocycles. The molecule has 1 fully saturated rings. The molecular weight excluding hydrogens is 490 g/mol. The fourth-order valence-electron chi connectivity index (χ4n) is 4.32. The second kappa shape index (κ2) is 10.2. The van der Waals surface area contributed by atoms with Gasteiger partial charge in [0, 0.05) is 37.3 Å². The van der Waals surface area contributed by atoms with Crippen molar-refractivity contribution >= 4 is 34.8 Å². The number of nitrogens with zero attached hydrogens (tertiary/aromatic N) is 6. The molecule has 0 unspecified atom stereocenters. The number of benzene rings is 2. The molecule has 0 saturated carbocycles. The first kappa shape index (κ1) is 24.7. The Labute approximate surface area is 217 Å². The van der Waals surface area contributed by atoms with Crippen LogP contribution in [0.3, 0.4) is 0 Å². The molecule has 0 spiro atoms. The maximum atomic E-state index is 13.0. The monoisotopic (exact) mass is 515 g/mol. The molecule has 2 aromatic heterocycles. The Morgan fingerprint density at radius 2 is 1.58 bits per heavy atom. The maximum absolute atomic E-state index is 13.0. The first-order valence-electron chi connectivity index (χ1n) is 11.8. The van der Waals surface area contributed by atoms with Gasteiger partial charge in [-0.1, -0.05) is 0 Å². The van der Waals surface area contributed by atoms with Crippen molar-refractivity contribution in [2.24, 2.45) is 0 Å². The minimum atomic E-state index is -1.04. The highest BCUT2D eigenvalue weighted by Crippen LogP contribution is 2.33. The van der Waals surface area contributed by atoms with Gasteiger partial charge in [0.15, 0.2) is 28.5 Å². The number of rotatable bonds is 6. The van der Waals surface area contributed by atoms with Crippen LogP contribution in [0.1, 0.15) is 20.7 Å². The van der Waals surface area contributed by atoms with Crippen LogP contribution < -0.4 is 20.1 Å². The van der Waals surface area contributed by atoms with Gasteiger partial charge >= 0.3 is 5.97 Å². The smallest absolute Gasteiger partial charge is 0.335 e. The molecule has 194 valence electrons. The van der Waals surface area contributed by atoms with Gasteiger partial charge < -0.3 is 30.1 Å². The van der Waals surface area contributed by atoms with E-state index in [0.29, 0.717) is 65.9 Å². The Balaban J connectivity index is 1.39. The number of ether oxygens (including phenoxy) is 2. The lowest BCUT2D eigenvalue weighted by Gasteiger charge is -2.35. The van der Waals surface area contributed by atoms with Crippen molar-refractivity contribution in [1.29, 1.82) is 0 Å². The number of nitrogens with two attached hydrogens (primary N) is 1. The predicted molar refractivity (Wildman–Crippen MR) is 140 cm³/mol. The van der Waals surface area contributed by atoms with Gasteiger partial charge in [0.2, 0.25) is 5.95 Å². The van der Waals surface area contributed by atoms with Crippen molar-refractivity contribution < 1.29 is 24.2 Å². The predicted octanol–water partition coefficient (Wildman–Crippen LogP) is 2.35. The van der Waals surface area contributed by atoms with Gasteiger partial charge in [-0.05, 0) is 42.5 Å². The molecule has 1 saturated heterocycles. The van der Waals surface area contributed by atoms with Gasteiger partial charge in [-0.2, -0.15) is 9.97 Å². The Morgan fingerprint density at radius 1 is 0.895 bits per heavy atom. The van der Waals surface area contributed by atoms with Crippen molar-refractivity contribution in [2.45, 2.75) is 0 Å². The number of hydrogen-bond donors (Lipinski definition) is 2. The van der Waals surface area contributed by atoms with E-state index in [9.17, 15) is 9.59 Å². The van der Waals surface area contributed by atoms with Crippen LogP contribution in [0, 0.1) is 0 Å². The van der Waals surface area contributed by atoms with E-state index >= 15 is 0 Å². The molecule has 0 radical (unpaired) electrons. The zero-order chi connectivity index (χ0) is 26.8. The third kappa shape index (κ3) is 4.71. The number of hydrogen-bond acceptors (Lipinski definition) is 10. The summed E-state index contributed by atoms with van der Waals surface area (Å²) in [6.45, 7) is 1.86. The summed E-state index contributed by atoms with van der Waals surface area (Å²) in [6, 6.07) is 11.4. The molecule has 5 rings (SSSR count). The van der Waals surface area contributed by atoms with Crippen LogP contribution >= 0.6 is 0 Å². The Kier molecular flexibility index (Phi) is 6.60. The third-order valence-electron chi connectivity index (χ3n) is 6.33. The molecule has 3 N–H and O–H groups in total. The Bertz CT molecular complexity index is 1520. The number of fused-ring (bicyclic) bond motifs is 1. The summed E-state index contributed by atoms with van der Waals surface area (Å²) >= 11 is 0. The number of aromatic nitrogens is 4. The number of methoxy groups -OCH3 is 2. The molecule has 0 atom stereocenters. The molecule has 1 aliphatic rings. The normalized spacial score (nSPS) is 13.4. The zero-order valence-electron chi connectivity index (χ0n) is 20.8. The van der Waals surface area contributed by atoms with E-state index in [0.717, 1.165) is 5.56 Å².